The van der Waals surface area contributed by atoms with E-state index in [1.54, 1.807) is 24.5 Å². The van der Waals surface area contributed by atoms with Crippen LogP contribution in [0, 0.1) is 0 Å². The monoisotopic (exact) mass is 406 g/mol. The van der Waals surface area contributed by atoms with Crippen LogP contribution in [0.3, 0.4) is 0 Å². The quantitative estimate of drug-likeness (QED) is 0.618. The zero-order chi connectivity index (χ0) is 19.9. The summed E-state index contributed by atoms with van der Waals surface area (Å²) in [4.78, 5) is 20.2. The van der Waals surface area contributed by atoms with Crippen LogP contribution < -0.4 is 15.5 Å². The van der Waals surface area contributed by atoms with Gasteiger partial charge >= 0.3 is 0 Å². The summed E-state index contributed by atoms with van der Waals surface area (Å²) in [5.74, 6) is -0.113. The molecule has 1 amide bonds. The Labute approximate surface area is 175 Å². The van der Waals surface area contributed by atoms with Gasteiger partial charge in [0.2, 0.25) is 0 Å². The second-order valence-electron chi connectivity index (χ2n) is 7.29. The summed E-state index contributed by atoms with van der Waals surface area (Å²) in [6.45, 7) is 3.10. The Balaban J connectivity index is 1.27. The van der Waals surface area contributed by atoms with Crippen LogP contribution in [0.2, 0.25) is 0 Å². The molecule has 0 aliphatic carbocycles. The number of pyridine rings is 1. The highest BCUT2D eigenvalue weighted by molar-refractivity contribution is 7.09. The number of benzene rings is 1. The topological polar surface area (TPSA) is 57.3 Å². The van der Waals surface area contributed by atoms with Crippen molar-refractivity contribution in [3.63, 3.8) is 0 Å². The van der Waals surface area contributed by atoms with Gasteiger partial charge in [-0.3, -0.25) is 9.78 Å². The van der Waals surface area contributed by atoms with Crippen molar-refractivity contribution in [2.45, 2.75) is 25.3 Å². The molecule has 3 heterocycles. The molecule has 1 saturated heterocycles. The summed E-state index contributed by atoms with van der Waals surface area (Å²) in [5, 5.41) is 8.83. The fraction of sp³-hybridized carbons (Fsp3) is 0.304. The molecule has 0 radical (unpaired) electrons. The average Bonchev–Trinajstić information content (AvgIpc) is 3.29. The third-order valence-electron chi connectivity index (χ3n) is 5.29. The van der Waals surface area contributed by atoms with Crippen molar-refractivity contribution in [3.05, 3.63) is 76.7 Å². The molecule has 2 aromatic heterocycles. The third-order valence-corrected chi connectivity index (χ3v) is 6.23. The first kappa shape index (κ1) is 19.6. The molecule has 1 aromatic carbocycles. The molecule has 1 fully saturated rings. The molecule has 1 aliphatic rings. The van der Waals surface area contributed by atoms with Crippen LogP contribution in [0.15, 0.2) is 66.3 Å². The van der Waals surface area contributed by atoms with Gasteiger partial charge in [-0.2, -0.15) is 0 Å². The van der Waals surface area contributed by atoms with Crippen LogP contribution in [-0.4, -0.2) is 36.6 Å². The van der Waals surface area contributed by atoms with Gasteiger partial charge in [0.15, 0.2) is 0 Å². The van der Waals surface area contributed by atoms with Crippen molar-refractivity contribution in [3.8, 4) is 0 Å². The highest BCUT2D eigenvalue weighted by Gasteiger charge is 2.19. The van der Waals surface area contributed by atoms with E-state index in [9.17, 15) is 4.79 Å². The highest BCUT2D eigenvalue weighted by Crippen LogP contribution is 2.23. The zero-order valence-corrected chi connectivity index (χ0v) is 17.2. The predicted molar refractivity (Wildman–Crippen MR) is 120 cm³/mol. The minimum atomic E-state index is -0.113. The second kappa shape index (κ2) is 9.67. The van der Waals surface area contributed by atoms with Crippen LogP contribution in [0.25, 0.3) is 0 Å². The molecule has 29 heavy (non-hydrogen) atoms. The molecule has 0 atom stereocenters. The minimum Gasteiger partial charge on any atom is -0.371 e. The lowest BCUT2D eigenvalue weighted by molar-refractivity contribution is 0.102. The van der Waals surface area contributed by atoms with E-state index in [0.717, 1.165) is 50.3 Å². The fourth-order valence-electron chi connectivity index (χ4n) is 3.68. The second-order valence-corrected chi connectivity index (χ2v) is 8.32. The van der Waals surface area contributed by atoms with Gasteiger partial charge in [0, 0.05) is 59.9 Å². The Kier molecular flexibility index (Phi) is 6.54. The number of aromatic nitrogens is 1. The summed E-state index contributed by atoms with van der Waals surface area (Å²) in [5.41, 5.74) is 2.59. The molecule has 0 unspecified atom stereocenters. The first-order valence-corrected chi connectivity index (χ1v) is 11.0. The number of nitrogens with one attached hydrogen (secondary N) is 2. The van der Waals surface area contributed by atoms with E-state index >= 15 is 0 Å². The van der Waals surface area contributed by atoms with Crippen LogP contribution in [-0.2, 0) is 6.42 Å². The SMILES string of the molecule is O=C(Nc1cccc(N2CCC(NCCc3cccs3)CC2)c1)c1ccncc1. The molecular formula is C23H26N4OS. The number of carbonyl (C=O) groups excluding carboxylic acids is 1. The van der Waals surface area contributed by atoms with Crippen molar-refractivity contribution in [1.29, 1.82) is 0 Å². The fourth-order valence-corrected chi connectivity index (χ4v) is 4.39. The van der Waals surface area contributed by atoms with Crippen molar-refractivity contribution < 1.29 is 4.79 Å². The number of carbonyl (C=O) groups is 1. The van der Waals surface area contributed by atoms with E-state index in [0.29, 0.717) is 11.6 Å². The lowest BCUT2D eigenvalue weighted by atomic mass is 10.0. The Bertz CT molecular complexity index is 906. The standard InChI is InChI=1S/C23H26N4OS/c28-23(18-6-11-24-12-7-18)26-20-3-1-4-21(17-20)27-14-9-19(10-15-27)25-13-8-22-5-2-16-29-22/h1-7,11-12,16-17,19,25H,8-10,13-15H2,(H,26,28). The van der Waals surface area contributed by atoms with Gasteiger partial charge in [0.05, 0.1) is 0 Å². The smallest absolute Gasteiger partial charge is 0.255 e. The summed E-state index contributed by atoms with van der Waals surface area (Å²) in [6, 6.07) is 16.5. The van der Waals surface area contributed by atoms with Gasteiger partial charge in [-0.1, -0.05) is 12.1 Å². The summed E-state index contributed by atoms with van der Waals surface area (Å²) in [7, 11) is 0. The van der Waals surface area contributed by atoms with E-state index in [-0.39, 0.29) is 5.91 Å². The Morgan fingerprint density at radius 1 is 1.10 bits per heavy atom. The van der Waals surface area contributed by atoms with Gasteiger partial charge in [0.1, 0.15) is 0 Å². The van der Waals surface area contributed by atoms with E-state index in [1.807, 2.05) is 23.5 Å². The van der Waals surface area contributed by atoms with Gasteiger partial charge < -0.3 is 15.5 Å². The van der Waals surface area contributed by atoms with Crippen LogP contribution in [0.5, 0.6) is 0 Å². The number of amides is 1. The van der Waals surface area contributed by atoms with Crippen LogP contribution >= 0.6 is 11.3 Å². The van der Waals surface area contributed by atoms with E-state index in [4.69, 9.17) is 0 Å². The van der Waals surface area contributed by atoms with E-state index in [1.165, 1.54) is 4.88 Å². The molecule has 0 saturated carbocycles. The van der Waals surface area contributed by atoms with Crippen molar-refractivity contribution in [2.75, 3.05) is 29.9 Å². The molecular weight excluding hydrogens is 380 g/mol. The summed E-state index contributed by atoms with van der Waals surface area (Å²) >= 11 is 1.83. The normalized spacial score (nSPS) is 14.7. The molecule has 150 valence electrons. The van der Waals surface area contributed by atoms with Gasteiger partial charge in [-0.15, -0.1) is 11.3 Å². The molecule has 2 N–H and O–H groups in total. The van der Waals surface area contributed by atoms with Crippen molar-refractivity contribution in [2.24, 2.45) is 0 Å². The maximum Gasteiger partial charge on any atom is 0.255 e. The number of thiophene rings is 1. The largest absolute Gasteiger partial charge is 0.371 e. The first-order valence-electron chi connectivity index (χ1n) is 10.1. The molecule has 6 heteroatoms. The molecule has 1 aliphatic heterocycles. The Hall–Kier alpha value is -2.70. The third kappa shape index (κ3) is 5.43. The van der Waals surface area contributed by atoms with Gasteiger partial charge in [-0.25, -0.2) is 0 Å². The van der Waals surface area contributed by atoms with Crippen molar-refractivity contribution in [1.82, 2.24) is 10.3 Å². The maximum atomic E-state index is 12.4. The molecule has 4 rings (SSSR count). The number of hydrogen-bond acceptors (Lipinski definition) is 5. The number of rotatable bonds is 7. The number of piperidine rings is 1. The van der Waals surface area contributed by atoms with E-state index < -0.39 is 0 Å². The number of anilines is 2. The van der Waals surface area contributed by atoms with Crippen LogP contribution in [0.4, 0.5) is 11.4 Å². The van der Waals surface area contributed by atoms with Crippen molar-refractivity contribution >= 4 is 28.6 Å². The minimum absolute atomic E-state index is 0.113. The Morgan fingerprint density at radius 3 is 2.69 bits per heavy atom. The predicted octanol–water partition coefficient (Wildman–Crippen LogP) is 4.20. The average molecular weight is 407 g/mol. The molecule has 3 aromatic rings. The maximum absolute atomic E-state index is 12.4. The Morgan fingerprint density at radius 2 is 1.93 bits per heavy atom. The zero-order valence-electron chi connectivity index (χ0n) is 16.4. The molecule has 0 bridgehead atoms. The summed E-state index contributed by atoms with van der Waals surface area (Å²) < 4.78 is 0. The van der Waals surface area contributed by atoms with Crippen LogP contribution in [0.1, 0.15) is 28.1 Å². The van der Waals surface area contributed by atoms with E-state index in [2.05, 4.69) is 50.2 Å². The lowest BCUT2D eigenvalue weighted by Gasteiger charge is -2.34. The van der Waals surface area contributed by atoms with Gasteiger partial charge in [0.25, 0.3) is 5.91 Å². The number of hydrogen-bond donors (Lipinski definition) is 2. The molecule has 5 nitrogen and oxygen atoms in total. The number of nitrogens with zero attached hydrogens (tertiary/aromatic N) is 2. The molecule has 0 spiro atoms. The lowest BCUT2D eigenvalue weighted by Crippen LogP contribution is -2.43. The first-order chi connectivity index (χ1) is 14.3. The highest BCUT2D eigenvalue weighted by atomic mass is 32.1. The van der Waals surface area contributed by atoms with Gasteiger partial charge in [-0.05, 0) is 61.0 Å². The summed E-state index contributed by atoms with van der Waals surface area (Å²) in [6.07, 6.45) is 6.64.